The standard InChI is InChI=1S/C25H32I7NO10/c1-8-23(9-2,33(38)39)25(31,32)21(6,7)24(29,30)20(37)43-13-22(10-40-17(34)14(3)26,11-41-18(35)15(4)27)12-42-19(36)16(5)28/h33,38H,3-5,8-13H2,1-2,6-7H3. The van der Waals surface area contributed by atoms with Gasteiger partial charge in [0.25, 0.3) is 0 Å². The zero-order valence-electron chi connectivity index (χ0n) is 23.6. The van der Waals surface area contributed by atoms with Crippen molar-refractivity contribution in [2.75, 3.05) is 26.4 Å². The molecule has 0 aliphatic heterocycles. The predicted octanol–water partition coefficient (Wildman–Crippen LogP) is 6.48. The summed E-state index contributed by atoms with van der Waals surface area (Å²) in [7, 11) is 0. The zero-order valence-corrected chi connectivity index (χ0v) is 38.7. The number of esters is 4. The van der Waals surface area contributed by atoms with E-state index in [-0.39, 0.29) is 10.7 Å². The fraction of sp³-hybridized carbons (Fsp3) is 0.600. The molecule has 0 amide bonds. The van der Waals surface area contributed by atoms with Gasteiger partial charge >= 0.3 is 23.9 Å². The highest BCUT2D eigenvalue weighted by atomic mass is 127. The normalized spacial score (nSPS) is 13.4. The second-order valence-corrected chi connectivity index (χ2v) is 24.4. The van der Waals surface area contributed by atoms with Gasteiger partial charge in [0.05, 0.1) is 10.7 Å². The van der Waals surface area contributed by atoms with Crippen molar-refractivity contribution in [1.82, 2.24) is 0 Å². The smallest absolute Gasteiger partial charge is 0.343 e. The first-order valence-electron chi connectivity index (χ1n) is 12.1. The van der Waals surface area contributed by atoms with E-state index >= 15 is 0 Å². The fourth-order valence-corrected chi connectivity index (χ4v) is 10.1. The summed E-state index contributed by atoms with van der Waals surface area (Å²) in [5.74, 6) is -3.03. The highest BCUT2D eigenvalue weighted by molar-refractivity contribution is 14.2. The van der Waals surface area contributed by atoms with E-state index in [4.69, 9.17) is 18.9 Å². The average molecular weight is 1390 g/mol. The van der Waals surface area contributed by atoms with Gasteiger partial charge in [-0.05, 0) is 67.8 Å². The number of ether oxygens (including phenoxy) is 4. The molecule has 0 bridgehead atoms. The van der Waals surface area contributed by atoms with E-state index < -0.39 is 74.8 Å². The molecule has 0 fully saturated rings. The molecule has 0 aromatic carbocycles. The van der Waals surface area contributed by atoms with Crippen molar-refractivity contribution in [3.63, 3.8) is 0 Å². The lowest BCUT2D eigenvalue weighted by atomic mass is 9.73. The van der Waals surface area contributed by atoms with Crippen molar-refractivity contribution < 1.29 is 48.6 Å². The largest absolute Gasteiger partial charge is 0.600 e. The van der Waals surface area contributed by atoms with Crippen molar-refractivity contribution in [2.45, 2.75) is 48.9 Å². The monoisotopic (exact) mass is 1390 g/mol. The van der Waals surface area contributed by atoms with Crippen LogP contribution < -0.4 is 5.23 Å². The van der Waals surface area contributed by atoms with Crippen LogP contribution in [0, 0.1) is 16.0 Å². The molecule has 1 unspecified atom stereocenters. The molecule has 11 nitrogen and oxygen atoms in total. The van der Waals surface area contributed by atoms with Crippen LogP contribution in [0.1, 0.15) is 40.5 Å². The Labute approximate surface area is 347 Å². The molecule has 1 atom stereocenters. The number of carbonyl (C=O) groups is 4. The highest BCUT2D eigenvalue weighted by Gasteiger charge is 2.68. The summed E-state index contributed by atoms with van der Waals surface area (Å²) in [6, 6.07) is 0. The molecule has 0 rings (SSSR count). The van der Waals surface area contributed by atoms with Gasteiger partial charge in [-0.2, -0.15) is 0 Å². The lowest BCUT2D eigenvalue weighted by Crippen LogP contribution is -3.17. The Morgan fingerprint density at radius 1 is 0.721 bits per heavy atom. The first-order chi connectivity index (χ1) is 19.4. The minimum Gasteiger partial charge on any atom is -0.600 e. The number of hydrogen-bond acceptors (Lipinski definition) is 10. The highest BCUT2D eigenvalue weighted by Crippen LogP contribution is 2.62. The lowest BCUT2D eigenvalue weighted by molar-refractivity contribution is -1.09. The van der Waals surface area contributed by atoms with Crippen LogP contribution in [0.25, 0.3) is 0 Å². The molecule has 0 aliphatic rings. The topological polar surface area (TPSA) is 153 Å². The van der Waals surface area contributed by atoms with Crippen molar-refractivity contribution in [3.8, 4) is 0 Å². The van der Waals surface area contributed by atoms with E-state index in [1.165, 1.54) is 0 Å². The summed E-state index contributed by atoms with van der Waals surface area (Å²) < 4.78 is 19.8. The number of nitrogens with one attached hydrogen (secondary N) is 1. The van der Waals surface area contributed by atoms with Crippen LogP contribution in [0.3, 0.4) is 0 Å². The maximum atomic E-state index is 13.9. The van der Waals surface area contributed by atoms with Gasteiger partial charge in [-0.15, -0.1) is 0 Å². The van der Waals surface area contributed by atoms with Gasteiger partial charge in [0.2, 0.25) is 0 Å². The molecule has 0 saturated carbocycles. The Bertz CT molecular complexity index is 1030. The first-order valence-corrected chi connectivity index (χ1v) is 19.7. The minimum absolute atomic E-state index is 0.0632. The van der Waals surface area contributed by atoms with Gasteiger partial charge in [-0.25, -0.2) is 29.6 Å². The van der Waals surface area contributed by atoms with Crippen molar-refractivity contribution in [3.05, 3.63) is 35.7 Å². The van der Waals surface area contributed by atoms with Gasteiger partial charge in [0.15, 0.2) is 6.97 Å². The third kappa shape index (κ3) is 11.3. The van der Waals surface area contributed by atoms with E-state index in [0.717, 1.165) is 0 Å². The number of hydrogen-bond donors (Lipinski definition) is 2. The second kappa shape index (κ2) is 18.7. The molecule has 0 heterocycles. The van der Waals surface area contributed by atoms with Crippen LogP contribution in [0.2, 0.25) is 0 Å². The Balaban J connectivity index is 6.64. The molecule has 2 N–H and O–H groups in total. The minimum atomic E-state index is -1.53. The number of carbonyl (C=O) groups excluding carboxylic acids is 4. The van der Waals surface area contributed by atoms with Crippen LogP contribution in [0.15, 0.2) is 30.5 Å². The molecule has 0 spiro atoms. The summed E-state index contributed by atoms with van der Waals surface area (Å²) in [6.07, 6.45) is 0.647. The maximum absolute atomic E-state index is 13.9. The number of alkyl halides is 4. The number of rotatable bonds is 18. The summed E-state index contributed by atoms with van der Waals surface area (Å²) in [5.41, 5.74) is -3.70. The number of hydroxylamine groups is 2. The average Bonchev–Trinajstić information content (AvgIpc) is 2.91. The maximum Gasteiger partial charge on any atom is 0.343 e. The summed E-state index contributed by atoms with van der Waals surface area (Å²) in [5, 5.41) is 21.9. The molecule has 18 heteroatoms. The molecule has 0 radical (unpaired) electrons. The van der Waals surface area contributed by atoms with Crippen LogP contribution in [-0.4, -0.2) is 63.9 Å². The van der Waals surface area contributed by atoms with E-state index in [2.05, 4.69) is 64.9 Å². The molecule has 246 valence electrons. The van der Waals surface area contributed by atoms with E-state index in [1.54, 1.807) is 95.5 Å². The third-order valence-corrected chi connectivity index (χ3v) is 16.4. The van der Waals surface area contributed by atoms with E-state index in [9.17, 15) is 29.6 Å². The Morgan fingerprint density at radius 2 is 1.02 bits per heavy atom. The van der Waals surface area contributed by atoms with E-state index in [1.807, 2.05) is 45.2 Å². The predicted molar refractivity (Wildman–Crippen MR) is 221 cm³/mol. The first kappa shape index (κ1) is 45.1. The Hall–Kier alpha value is 2.09. The molecular weight excluding hydrogens is 1360 g/mol. The lowest BCUT2D eigenvalue weighted by Gasteiger charge is -2.55. The van der Waals surface area contributed by atoms with Crippen LogP contribution >= 0.6 is 158 Å². The van der Waals surface area contributed by atoms with Crippen LogP contribution in [-0.2, 0) is 38.1 Å². The summed E-state index contributed by atoms with van der Waals surface area (Å²) >= 11 is 13.2. The van der Waals surface area contributed by atoms with Crippen molar-refractivity contribution in [2.24, 2.45) is 10.8 Å². The molecule has 0 saturated heterocycles. The molecule has 0 aromatic rings. The Kier molecular flexibility index (Phi) is 19.7. The molecular formula is C25H32I7NO10. The van der Waals surface area contributed by atoms with Gasteiger partial charge in [0.1, 0.15) is 33.3 Å². The van der Waals surface area contributed by atoms with Gasteiger partial charge in [0, 0.05) is 18.3 Å². The second-order valence-electron chi connectivity index (χ2n) is 9.89. The molecule has 0 aliphatic carbocycles. The fourth-order valence-electron chi connectivity index (χ4n) is 3.63. The zero-order chi connectivity index (χ0) is 34.2. The summed E-state index contributed by atoms with van der Waals surface area (Å²) in [4.78, 5) is 50.7. The SMILES string of the molecule is C=C(I)C(=O)OCC(COC(=O)C(=C)I)(COC(=O)C(=C)I)COC(=O)C(I)(I)C(C)(C)C(I)(I)C(CC)(CC)[NH+]([O-])O. The van der Waals surface area contributed by atoms with Crippen molar-refractivity contribution >= 4 is 182 Å². The van der Waals surface area contributed by atoms with E-state index in [0.29, 0.717) is 12.8 Å². The number of halogens is 7. The Morgan fingerprint density at radius 3 is 1.28 bits per heavy atom. The number of quaternary nitrogens is 1. The summed E-state index contributed by atoms with van der Waals surface area (Å²) in [6.45, 7) is 15.9. The quantitative estimate of drug-likeness (QED) is 0.0390. The van der Waals surface area contributed by atoms with Gasteiger partial charge in [-0.1, -0.05) is 138 Å². The molecule has 43 heavy (non-hydrogen) atoms. The molecule has 0 aromatic heterocycles. The van der Waals surface area contributed by atoms with Gasteiger partial charge < -0.3 is 24.2 Å². The van der Waals surface area contributed by atoms with Crippen molar-refractivity contribution in [1.29, 1.82) is 0 Å². The van der Waals surface area contributed by atoms with Crippen LogP contribution in [0.4, 0.5) is 0 Å². The van der Waals surface area contributed by atoms with Gasteiger partial charge in [-0.3, -0.25) is 0 Å². The van der Waals surface area contributed by atoms with Crippen LogP contribution in [0.5, 0.6) is 0 Å². The third-order valence-electron chi connectivity index (χ3n) is 6.75.